The fourth-order valence-corrected chi connectivity index (χ4v) is 5.39. The third-order valence-electron chi connectivity index (χ3n) is 7.08. The molecule has 0 aliphatic heterocycles. The first kappa shape index (κ1) is 20.1. The van der Waals surface area contributed by atoms with Gasteiger partial charge in [0, 0.05) is 0 Å². The molecule has 2 aliphatic rings. The Hall–Kier alpha value is -0.260. The number of unbranched alkanes of at least 4 members (excludes halogenated alkanes) is 1. The van der Waals surface area contributed by atoms with Crippen molar-refractivity contribution in [2.45, 2.75) is 117 Å². The van der Waals surface area contributed by atoms with E-state index in [0.717, 1.165) is 23.7 Å². The van der Waals surface area contributed by atoms with Crippen LogP contribution in [-0.2, 0) is 0 Å². The molecule has 0 amide bonds. The lowest BCUT2D eigenvalue weighted by molar-refractivity contribution is 0.234. The van der Waals surface area contributed by atoms with E-state index < -0.39 is 0 Å². The second-order valence-electron chi connectivity index (χ2n) is 8.99. The fraction of sp³-hybridized carbons (Fsp3) is 0.917. The molecule has 2 rings (SSSR count). The highest BCUT2D eigenvalue weighted by Crippen LogP contribution is 2.36. The molecule has 0 spiro atoms. The van der Waals surface area contributed by atoms with Crippen molar-refractivity contribution in [1.82, 2.24) is 0 Å². The minimum absolute atomic E-state index is 1.04. The standard InChI is InChI=1S/C24H44/c1-3-5-6-10-22-17-19-24(20-18-22)12-8-7-11-23-15-13-21(9-4-2)14-16-23/h3,5,21-24H,4,6-20H2,1-2H3. The Balaban J connectivity index is 1.46. The van der Waals surface area contributed by atoms with Gasteiger partial charge in [-0.25, -0.2) is 0 Å². The Morgan fingerprint density at radius 2 is 1.04 bits per heavy atom. The number of hydrogen-bond acceptors (Lipinski definition) is 0. The Labute approximate surface area is 152 Å². The molecule has 0 aromatic carbocycles. The normalized spacial score (nSPS) is 31.6. The van der Waals surface area contributed by atoms with Crippen molar-refractivity contribution in [3.05, 3.63) is 12.2 Å². The summed E-state index contributed by atoms with van der Waals surface area (Å²) in [5.41, 5.74) is 0. The first-order valence-electron chi connectivity index (χ1n) is 11.4. The molecule has 0 saturated heterocycles. The molecule has 0 atom stereocenters. The van der Waals surface area contributed by atoms with Gasteiger partial charge >= 0.3 is 0 Å². The van der Waals surface area contributed by atoms with Crippen LogP contribution in [0.2, 0.25) is 0 Å². The molecule has 2 saturated carbocycles. The van der Waals surface area contributed by atoms with Crippen molar-refractivity contribution >= 4 is 0 Å². The minimum Gasteiger partial charge on any atom is -0.0917 e. The van der Waals surface area contributed by atoms with Crippen LogP contribution >= 0.6 is 0 Å². The van der Waals surface area contributed by atoms with E-state index in [2.05, 4.69) is 26.0 Å². The van der Waals surface area contributed by atoms with Crippen molar-refractivity contribution in [3.8, 4) is 0 Å². The van der Waals surface area contributed by atoms with Crippen LogP contribution in [0, 0.1) is 23.7 Å². The molecule has 2 aliphatic carbocycles. The SMILES string of the molecule is CC=CCCC1CCC(CCCCC2CCC(CCC)CC2)CC1. The van der Waals surface area contributed by atoms with Gasteiger partial charge < -0.3 is 0 Å². The minimum atomic E-state index is 1.04. The van der Waals surface area contributed by atoms with Crippen LogP contribution < -0.4 is 0 Å². The van der Waals surface area contributed by atoms with Crippen molar-refractivity contribution in [3.63, 3.8) is 0 Å². The second kappa shape index (κ2) is 12.2. The second-order valence-corrected chi connectivity index (χ2v) is 8.99. The number of allylic oxidation sites excluding steroid dienone is 2. The van der Waals surface area contributed by atoms with Gasteiger partial charge in [-0.1, -0.05) is 109 Å². The Bertz CT molecular complexity index is 313. The predicted octanol–water partition coefficient (Wildman–Crippen LogP) is 8.32. The zero-order chi connectivity index (χ0) is 17.0. The van der Waals surface area contributed by atoms with E-state index >= 15 is 0 Å². The van der Waals surface area contributed by atoms with Crippen LogP contribution in [0.4, 0.5) is 0 Å². The molecule has 0 heterocycles. The molecule has 0 unspecified atom stereocenters. The molecule has 0 radical (unpaired) electrons. The highest BCUT2D eigenvalue weighted by Gasteiger charge is 2.22. The highest BCUT2D eigenvalue weighted by molar-refractivity contribution is 4.80. The van der Waals surface area contributed by atoms with Gasteiger partial charge in [-0.3, -0.25) is 0 Å². The molecule has 2 fully saturated rings. The predicted molar refractivity (Wildman–Crippen MR) is 108 cm³/mol. The molecule has 0 aromatic heterocycles. The van der Waals surface area contributed by atoms with Crippen molar-refractivity contribution in [1.29, 1.82) is 0 Å². The third-order valence-corrected chi connectivity index (χ3v) is 7.08. The number of rotatable bonds is 10. The molecule has 140 valence electrons. The lowest BCUT2D eigenvalue weighted by Gasteiger charge is -2.29. The zero-order valence-electron chi connectivity index (χ0n) is 16.8. The van der Waals surface area contributed by atoms with E-state index in [9.17, 15) is 0 Å². The van der Waals surface area contributed by atoms with Crippen LogP contribution in [0.5, 0.6) is 0 Å². The van der Waals surface area contributed by atoms with Crippen LogP contribution in [-0.4, -0.2) is 0 Å². The van der Waals surface area contributed by atoms with Gasteiger partial charge in [0.25, 0.3) is 0 Å². The number of hydrogen-bond donors (Lipinski definition) is 0. The van der Waals surface area contributed by atoms with Crippen LogP contribution in [0.25, 0.3) is 0 Å². The van der Waals surface area contributed by atoms with Gasteiger partial charge in [-0.05, 0) is 43.4 Å². The lowest BCUT2D eigenvalue weighted by Crippen LogP contribution is -2.15. The molecule has 0 N–H and O–H groups in total. The van der Waals surface area contributed by atoms with Gasteiger partial charge in [-0.15, -0.1) is 0 Å². The molecule has 0 heteroatoms. The summed E-state index contributed by atoms with van der Waals surface area (Å²) < 4.78 is 0. The van der Waals surface area contributed by atoms with Crippen molar-refractivity contribution in [2.75, 3.05) is 0 Å². The molecule has 0 nitrogen and oxygen atoms in total. The summed E-state index contributed by atoms with van der Waals surface area (Å²) in [6.45, 7) is 4.50. The van der Waals surface area contributed by atoms with E-state index in [1.165, 1.54) is 89.9 Å². The van der Waals surface area contributed by atoms with Gasteiger partial charge in [0.1, 0.15) is 0 Å². The quantitative estimate of drug-likeness (QED) is 0.278. The van der Waals surface area contributed by atoms with E-state index in [-0.39, 0.29) is 0 Å². The molecule has 0 bridgehead atoms. The van der Waals surface area contributed by atoms with E-state index in [4.69, 9.17) is 0 Å². The van der Waals surface area contributed by atoms with Crippen LogP contribution in [0.15, 0.2) is 12.2 Å². The smallest absolute Gasteiger partial charge is 0.0348 e. The van der Waals surface area contributed by atoms with Gasteiger partial charge in [0.05, 0.1) is 0 Å². The first-order chi connectivity index (χ1) is 11.8. The molecular weight excluding hydrogens is 288 g/mol. The van der Waals surface area contributed by atoms with Gasteiger partial charge in [-0.2, -0.15) is 0 Å². The van der Waals surface area contributed by atoms with Crippen molar-refractivity contribution < 1.29 is 0 Å². The van der Waals surface area contributed by atoms with Gasteiger partial charge in [0.15, 0.2) is 0 Å². The van der Waals surface area contributed by atoms with Gasteiger partial charge in [0.2, 0.25) is 0 Å². The molecule has 24 heavy (non-hydrogen) atoms. The monoisotopic (exact) mass is 332 g/mol. The zero-order valence-corrected chi connectivity index (χ0v) is 16.8. The third kappa shape index (κ3) is 7.75. The maximum atomic E-state index is 2.35. The summed E-state index contributed by atoms with van der Waals surface area (Å²) in [7, 11) is 0. The fourth-order valence-electron chi connectivity index (χ4n) is 5.39. The van der Waals surface area contributed by atoms with Crippen LogP contribution in [0.1, 0.15) is 117 Å². The molecule has 0 aromatic rings. The largest absolute Gasteiger partial charge is 0.0917 e. The maximum absolute atomic E-state index is 2.35. The topological polar surface area (TPSA) is 0 Å². The highest BCUT2D eigenvalue weighted by atomic mass is 14.3. The van der Waals surface area contributed by atoms with E-state index in [0.29, 0.717) is 0 Å². The lowest BCUT2D eigenvalue weighted by atomic mass is 9.76. The van der Waals surface area contributed by atoms with Crippen molar-refractivity contribution in [2.24, 2.45) is 23.7 Å². The Morgan fingerprint density at radius 3 is 1.46 bits per heavy atom. The Morgan fingerprint density at radius 1 is 0.625 bits per heavy atom. The van der Waals surface area contributed by atoms with E-state index in [1.807, 2.05) is 0 Å². The average molecular weight is 333 g/mol. The van der Waals surface area contributed by atoms with E-state index in [1.54, 1.807) is 12.8 Å². The van der Waals surface area contributed by atoms with Crippen LogP contribution in [0.3, 0.4) is 0 Å². The summed E-state index contributed by atoms with van der Waals surface area (Å²) >= 11 is 0. The average Bonchev–Trinajstić information content (AvgIpc) is 2.62. The summed E-state index contributed by atoms with van der Waals surface area (Å²) in [5, 5.41) is 0. The summed E-state index contributed by atoms with van der Waals surface area (Å²) in [4.78, 5) is 0. The first-order valence-corrected chi connectivity index (χ1v) is 11.4. The summed E-state index contributed by atoms with van der Waals surface area (Å²) in [6, 6.07) is 0. The summed E-state index contributed by atoms with van der Waals surface area (Å²) in [5.74, 6) is 4.27. The maximum Gasteiger partial charge on any atom is -0.0348 e. The Kier molecular flexibility index (Phi) is 10.2. The summed E-state index contributed by atoms with van der Waals surface area (Å²) in [6.07, 6.45) is 28.6. The molecular formula is C24H44.